The Morgan fingerprint density at radius 2 is 2.00 bits per heavy atom. The first kappa shape index (κ1) is 16.5. The lowest BCUT2D eigenvalue weighted by Gasteiger charge is -2.35. The van der Waals surface area contributed by atoms with Gasteiger partial charge in [-0.3, -0.25) is 4.79 Å². The van der Waals surface area contributed by atoms with E-state index in [9.17, 15) is 18.0 Å². The predicted molar refractivity (Wildman–Crippen MR) is 60.9 cm³/mol. The van der Waals surface area contributed by atoms with Gasteiger partial charge >= 0.3 is 6.18 Å². The minimum Gasteiger partial charge on any atom is -0.338 e. The fourth-order valence-electron chi connectivity index (χ4n) is 1.97. The van der Waals surface area contributed by atoms with Crippen molar-refractivity contribution in [3.8, 4) is 0 Å². The number of likely N-dealkylation sites (tertiary alicyclic amines) is 1. The standard InChI is InChI=1S/C10H17F3N2O.ClH/c11-10(12,13)5-4-9(16)15-6-2-1-3-8(15)7-14;/h8H,1-7,14H2;1H. The SMILES string of the molecule is Cl.NCC1CCCCN1C(=O)CCC(F)(F)F. The number of hydrogen-bond donors (Lipinski definition) is 1. The Balaban J connectivity index is 0.00000256. The first-order valence-corrected chi connectivity index (χ1v) is 5.50. The summed E-state index contributed by atoms with van der Waals surface area (Å²) in [5.74, 6) is -0.424. The Morgan fingerprint density at radius 1 is 1.35 bits per heavy atom. The Hall–Kier alpha value is -0.490. The number of rotatable bonds is 3. The van der Waals surface area contributed by atoms with E-state index in [0.29, 0.717) is 13.1 Å². The summed E-state index contributed by atoms with van der Waals surface area (Å²) >= 11 is 0. The van der Waals surface area contributed by atoms with Crippen LogP contribution in [-0.2, 0) is 4.79 Å². The molecule has 102 valence electrons. The average molecular weight is 275 g/mol. The Labute approximate surface area is 105 Å². The Bertz CT molecular complexity index is 248. The van der Waals surface area contributed by atoms with Crippen LogP contribution in [0.15, 0.2) is 0 Å². The molecule has 1 saturated heterocycles. The van der Waals surface area contributed by atoms with E-state index in [4.69, 9.17) is 5.73 Å². The highest BCUT2D eigenvalue weighted by molar-refractivity contribution is 5.85. The Morgan fingerprint density at radius 3 is 2.53 bits per heavy atom. The summed E-state index contributed by atoms with van der Waals surface area (Å²) < 4.78 is 35.9. The number of carbonyl (C=O) groups excluding carboxylic acids is 1. The molecular formula is C10H18ClF3N2O. The van der Waals surface area contributed by atoms with Crippen molar-refractivity contribution in [1.29, 1.82) is 0 Å². The van der Waals surface area contributed by atoms with Crippen molar-refractivity contribution in [3.05, 3.63) is 0 Å². The van der Waals surface area contributed by atoms with Crippen LogP contribution in [0.1, 0.15) is 32.1 Å². The topological polar surface area (TPSA) is 46.3 Å². The molecule has 7 heteroatoms. The van der Waals surface area contributed by atoms with Crippen LogP contribution in [-0.4, -0.2) is 36.1 Å². The van der Waals surface area contributed by atoms with E-state index < -0.39 is 24.9 Å². The molecule has 1 unspecified atom stereocenters. The maximum absolute atomic E-state index is 12.0. The molecule has 3 nitrogen and oxygen atoms in total. The molecule has 1 heterocycles. The van der Waals surface area contributed by atoms with E-state index in [-0.39, 0.29) is 18.4 Å². The van der Waals surface area contributed by atoms with Crippen LogP contribution in [0.3, 0.4) is 0 Å². The van der Waals surface area contributed by atoms with E-state index in [0.717, 1.165) is 19.3 Å². The lowest BCUT2D eigenvalue weighted by atomic mass is 10.0. The summed E-state index contributed by atoms with van der Waals surface area (Å²) in [5.41, 5.74) is 5.50. The molecule has 0 radical (unpaired) electrons. The summed E-state index contributed by atoms with van der Waals surface area (Å²) in [5, 5.41) is 0. The van der Waals surface area contributed by atoms with Gasteiger partial charge in [0.25, 0.3) is 0 Å². The van der Waals surface area contributed by atoms with Crippen LogP contribution in [0, 0.1) is 0 Å². The quantitative estimate of drug-likeness (QED) is 0.857. The number of amides is 1. The number of piperidine rings is 1. The van der Waals surface area contributed by atoms with Crippen molar-refractivity contribution in [2.45, 2.75) is 44.3 Å². The van der Waals surface area contributed by atoms with Crippen LogP contribution in [0.25, 0.3) is 0 Å². The molecule has 0 spiro atoms. The van der Waals surface area contributed by atoms with Gasteiger partial charge in [-0.15, -0.1) is 12.4 Å². The fraction of sp³-hybridized carbons (Fsp3) is 0.900. The second kappa shape index (κ2) is 7.06. The smallest absolute Gasteiger partial charge is 0.338 e. The average Bonchev–Trinajstić information content (AvgIpc) is 2.25. The summed E-state index contributed by atoms with van der Waals surface area (Å²) in [6.45, 7) is 0.871. The number of nitrogens with two attached hydrogens (primary N) is 1. The van der Waals surface area contributed by atoms with Crippen molar-refractivity contribution < 1.29 is 18.0 Å². The maximum Gasteiger partial charge on any atom is 0.389 e. The number of hydrogen-bond acceptors (Lipinski definition) is 2. The summed E-state index contributed by atoms with van der Waals surface area (Å²) in [4.78, 5) is 13.1. The number of halogens is 4. The zero-order chi connectivity index (χ0) is 12.2. The summed E-state index contributed by atoms with van der Waals surface area (Å²) in [6.07, 6.45) is -3.11. The molecule has 2 N–H and O–H groups in total. The first-order chi connectivity index (χ1) is 7.44. The third-order valence-corrected chi connectivity index (χ3v) is 2.84. The molecule has 0 aromatic carbocycles. The first-order valence-electron chi connectivity index (χ1n) is 5.50. The van der Waals surface area contributed by atoms with E-state index >= 15 is 0 Å². The molecule has 1 aliphatic rings. The highest BCUT2D eigenvalue weighted by Gasteiger charge is 2.31. The van der Waals surface area contributed by atoms with E-state index in [1.165, 1.54) is 4.90 Å². The molecule has 0 aliphatic carbocycles. The van der Waals surface area contributed by atoms with Gasteiger partial charge in [0.1, 0.15) is 0 Å². The van der Waals surface area contributed by atoms with Crippen molar-refractivity contribution in [2.24, 2.45) is 5.73 Å². The van der Waals surface area contributed by atoms with Gasteiger partial charge in [-0.1, -0.05) is 0 Å². The van der Waals surface area contributed by atoms with Crippen LogP contribution >= 0.6 is 12.4 Å². The predicted octanol–water partition coefficient (Wildman–Crippen LogP) is 2.09. The molecular weight excluding hydrogens is 257 g/mol. The molecule has 0 bridgehead atoms. The lowest BCUT2D eigenvalue weighted by Crippen LogP contribution is -2.47. The highest BCUT2D eigenvalue weighted by Crippen LogP contribution is 2.23. The van der Waals surface area contributed by atoms with Crippen LogP contribution in [0.5, 0.6) is 0 Å². The van der Waals surface area contributed by atoms with Crippen molar-refractivity contribution in [3.63, 3.8) is 0 Å². The van der Waals surface area contributed by atoms with E-state index in [1.807, 2.05) is 0 Å². The third kappa shape index (κ3) is 5.59. The van der Waals surface area contributed by atoms with Crippen molar-refractivity contribution in [1.82, 2.24) is 4.90 Å². The molecule has 1 aliphatic heterocycles. The van der Waals surface area contributed by atoms with Gasteiger partial charge in [-0.05, 0) is 19.3 Å². The van der Waals surface area contributed by atoms with E-state index in [1.54, 1.807) is 0 Å². The zero-order valence-corrected chi connectivity index (χ0v) is 10.3. The molecule has 1 fully saturated rings. The molecule has 0 saturated carbocycles. The fourth-order valence-corrected chi connectivity index (χ4v) is 1.97. The van der Waals surface area contributed by atoms with Crippen LogP contribution in [0.2, 0.25) is 0 Å². The molecule has 1 rings (SSSR count). The molecule has 0 aromatic rings. The lowest BCUT2D eigenvalue weighted by molar-refractivity contribution is -0.151. The van der Waals surface area contributed by atoms with Gasteiger partial charge in [0.15, 0.2) is 0 Å². The third-order valence-electron chi connectivity index (χ3n) is 2.84. The van der Waals surface area contributed by atoms with Gasteiger partial charge in [-0.2, -0.15) is 13.2 Å². The summed E-state index contributed by atoms with van der Waals surface area (Å²) in [6, 6.07) is -0.0746. The summed E-state index contributed by atoms with van der Waals surface area (Å²) in [7, 11) is 0. The largest absolute Gasteiger partial charge is 0.389 e. The normalized spacial score (nSPS) is 20.9. The molecule has 0 aromatic heterocycles. The minimum absolute atomic E-state index is 0. The Kier molecular flexibility index (Phi) is 6.85. The second-order valence-electron chi connectivity index (χ2n) is 4.09. The van der Waals surface area contributed by atoms with Crippen molar-refractivity contribution in [2.75, 3.05) is 13.1 Å². The van der Waals surface area contributed by atoms with Crippen LogP contribution < -0.4 is 5.73 Å². The van der Waals surface area contributed by atoms with Gasteiger partial charge in [-0.25, -0.2) is 0 Å². The van der Waals surface area contributed by atoms with Gasteiger partial charge < -0.3 is 10.6 Å². The maximum atomic E-state index is 12.0. The van der Waals surface area contributed by atoms with E-state index in [2.05, 4.69) is 0 Å². The molecule has 1 atom stereocenters. The zero-order valence-electron chi connectivity index (χ0n) is 9.50. The number of alkyl halides is 3. The van der Waals surface area contributed by atoms with Gasteiger partial charge in [0.2, 0.25) is 5.91 Å². The molecule has 1 amide bonds. The van der Waals surface area contributed by atoms with Gasteiger partial charge in [0, 0.05) is 25.6 Å². The molecule has 17 heavy (non-hydrogen) atoms. The number of nitrogens with zero attached hydrogens (tertiary/aromatic N) is 1. The highest BCUT2D eigenvalue weighted by atomic mass is 35.5. The second-order valence-corrected chi connectivity index (χ2v) is 4.09. The monoisotopic (exact) mass is 274 g/mol. The number of carbonyl (C=O) groups is 1. The van der Waals surface area contributed by atoms with Gasteiger partial charge in [0.05, 0.1) is 6.42 Å². The minimum atomic E-state index is -4.26. The van der Waals surface area contributed by atoms with Crippen LogP contribution in [0.4, 0.5) is 13.2 Å². The van der Waals surface area contributed by atoms with Crippen molar-refractivity contribution >= 4 is 18.3 Å².